The highest BCUT2D eigenvalue weighted by atomic mass is 16.5. The van der Waals surface area contributed by atoms with E-state index in [4.69, 9.17) is 33.7 Å². The maximum absolute atomic E-state index is 10.0. The maximum atomic E-state index is 10.0. The monoisotopic (exact) mass is 526 g/mol. The van der Waals surface area contributed by atoms with Gasteiger partial charge < -0.3 is 39.0 Å². The Morgan fingerprint density at radius 3 is 2.26 bits per heavy atom. The van der Waals surface area contributed by atoms with Crippen LogP contribution in [-0.2, 0) is 9.47 Å². The molecule has 206 valence electrons. The predicted octanol–water partition coefficient (Wildman–Crippen LogP) is 2.89. The number of hydrogen-bond donors (Lipinski definition) is 2. The van der Waals surface area contributed by atoms with Gasteiger partial charge in [-0.05, 0) is 37.4 Å². The molecule has 10 heteroatoms. The summed E-state index contributed by atoms with van der Waals surface area (Å²) in [5, 5.41) is 13.0. The molecule has 2 N–H and O–H groups in total. The molecule has 0 bridgehead atoms. The lowest BCUT2D eigenvalue weighted by atomic mass is 10.1. The van der Waals surface area contributed by atoms with Crippen LogP contribution in [0.25, 0.3) is 22.6 Å². The number of likely N-dealkylation sites (N-methyl/N-ethyl adjacent to an activating group) is 1. The Kier molecular flexibility index (Phi) is 11.6. The van der Waals surface area contributed by atoms with Crippen LogP contribution in [0.2, 0.25) is 0 Å². The molecule has 0 aliphatic heterocycles. The number of ether oxygens (including phenoxy) is 5. The number of benzene rings is 2. The van der Waals surface area contributed by atoms with Crippen molar-refractivity contribution < 1.29 is 28.8 Å². The normalized spacial score (nSPS) is 11.7. The van der Waals surface area contributed by atoms with Gasteiger partial charge in [-0.15, -0.1) is 0 Å². The van der Waals surface area contributed by atoms with Gasteiger partial charge in [0.1, 0.15) is 24.3 Å². The van der Waals surface area contributed by atoms with Crippen molar-refractivity contribution in [3.63, 3.8) is 0 Å². The Labute approximate surface area is 224 Å². The van der Waals surface area contributed by atoms with Crippen LogP contribution in [0.4, 0.5) is 5.82 Å². The Morgan fingerprint density at radius 1 is 0.868 bits per heavy atom. The number of methoxy groups -OCH3 is 4. The van der Waals surface area contributed by atoms with Gasteiger partial charge in [0, 0.05) is 51.0 Å². The minimum Gasteiger partial charge on any atom is -0.493 e. The molecule has 2 aromatic carbocycles. The molecule has 0 aliphatic rings. The third-order valence-electron chi connectivity index (χ3n) is 5.82. The average Bonchev–Trinajstić information content (AvgIpc) is 2.95. The molecule has 38 heavy (non-hydrogen) atoms. The minimum absolute atomic E-state index is 0.171. The topological polar surface area (TPSA) is 107 Å². The minimum atomic E-state index is -0.616. The molecule has 3 aromatic rings. The van der Waals surface area contributed by atoms with E-state index in [1.807, 2.05) is 48.5 Å². The van der Waals surface area contributed by atoms with Crippen LogP contribution in [0.15, 0.2) is 48.5 Å². The van der Waals surface area contributed by atoms with E-state index in [0.717, 1.165) is 22.6 Å². The molecular formula is C28H38N4O6. The summed E-state index contributed by atoms with van der Waals surface area (Å²) in [4.78, 5) is 11.9. The lowest BCUT2D eigenvalue weighted by Gasteiger charge is -2.24. The molecule has 1 heterocycles. The first-order valence-corrected chi connectivity index (χ1v) is 12.4. The van der Waals surface area contributed by atoms with E-state index in [9.17, 15) is 5.11 Å². The quantitative estimate of drug-likeness (QED) is 0.289. The highest BCUT2D eigenvalue weighted by Crippen LogP contribution is 2.34. The molecule has 0 fully saturated rings. The van der Waals surface area contributed by atoms with Gasteiger partial charge in [-0.25, -0.2) is 9.97 Å². The number of rotatable bonds is 16. The number of aliphatic hydroxyl groups excluding tert-OH is 1. The zero-order chi connectivity index (χ0) is 27.3. The van der Waals surface area contributed by atoms with Crippen LogP contribution >= 0.6 is 0 Å². The molecule has 1 aromatic heterocycles. The second-order valence-corrected chi connectivity index (χ2v) is 8.53. The summed E-state index contributed by atoms with van der Waals surface area (Å²) in [6.45, 7) is 2.95. The number of nitrogens with zero attached hydrogens (tertiary/aromatic N) is 3. The first-order chi connectivity index (χ1) is 18.5. The van der Waals surface area contributed by atoms with E-state index in [2.05, 4.69) is 10.2 Å². The van der Waals surface area contributed by atoms with Crippen molar-refractivity contribution in [1.29, 1.82) is 0 Å². The van der Waals surface area contributed by atoms with Gasteiger partial charge in [0.25, 0.3) is 0 Å². The molecule has 0 aliphatic carbocycles. The van der Waals surface area contributed by atoms with Crippen LogP contribution in [-0.4, -0.2) is 96.1 Å². The third-order valence-corrected chi connectivity index (χ3v) is 5.82. The molecule has 0 radical (unpaired) electrons. The van der Waals surface area contributed by atoms with Crippen LogP contribution in [0, 0.1) is 0 Å². The predicted molar refractivity (Wildman–Crippen MR) is 147 cm³/mol. The van der Waals surface area contributed by atoms with Gasteiger partial charge >= 0.3 is 0 Å². The van der Waals surface area contributed by atoms with E-state index in [0.29, 0.717) is 55.9 Å². The molecule has 10 nitrogen and oxygen atoms in total. The summed E-state index contributed by atoms with van der Waals surface area (Å²) in [5.41, 5.74) is 2.36. The number of aromatic nitrogens is 2. The number of anilines is 1. The van der Waals surface area contributed by atoms with E-state index in [1.54, 1.807) is 35.5 Å². The van der Waals surface area contributed by atoms with Gasteiger partial charge in [-0.3, -0.25) is 0 Å². The van der Waals surface area contributed by atoms with Gasteiger partial charge in [-0.1, -0.05) is 12.1 Å². The highest BCUT2D eigenvalue weighted by Gasteiger charge is 2.16. The van der Waals surface area contributed by atoms with E-state index < -0.39 is 6.10 Å². The van der Waals surface area contributed by atoms with E-state index in [-0.39, 0.29) is 6.61 Å². The van der Waals surface area contributed by atoms with Gasteiger partial charge in [0.05, 0.1) is 33.1 Å². The average molecular weight is 527 g/mol. The largest absolute Gasteiger partial charge is 0.493 e. The number of hydrogen-bond acceptors (Lipinski definition) is 10. The van der Waals surface area contributed by atoms with Crippen molar-refractivity contribution in [2.75, 3.05) is 79.8 Å². The van der Waals surface area contributed by atoms with Crippen LogP contribution in [0.1, 0.15) is 0 Å². The summed E-state index contributed by atoms with van der Waals surface area (Å²) in [6.07, 6.45) is -0.616. The third kappa shape index (κ3) is 8.03. The summed E-state index contributed by atoms with van der Waals surface area (Å²) in [5.74, 6) is 3.14. The van der Waals surface area contributed by atoms with Crippen molar-refractivity contribution in [2.24, 2.45) is 0 Å². The Bertz CT molecular complexity index is 1140. The lowest BCUT2D eigenvalue weighted by molar-refractivity contribution is 0.108. The molecule has 0 spiro atoms. The summed E-state index contributed by atoms with van der Waals surface area (Å²) < 4.78 is 27.4. The SMILES string of the molecule is CNCC(O)COc1cccc(-c2nc(-c3ccc(OC)c(OC)c3)cc(N(CCOC)CCOC)n2)c1. The zero-order valence-corrected chi connectivity index (χ0v) is 22.8. The van der Waals surface area contributed by atoms with Crippen LogP contribution < -0.4 is 24.4 Å². The van der Waals surface area contributed by atoms with Crippen LogP contribution in [0.5, 0.6) is 17.2 Å². The summed E-state index contributed by atoms with van der Waals surface area (Å²) in [6, 6.07) is 15.2. The first kappa shape index (κ1) is 29.1. The molecule has 3 rings (SSSR count). The molecular weight excluding hydrogens is 488 g/mol. The van der Waals surface area contributed by atoms with E-state index >= 15 is 0 Å². The second kappa shape index (κ2) is 15.1. The second-order valence-electron chi connectivity index (χ2n) is 8.53. The number of nitrogens with one attached hydrogen (secondary N) is 1. The van der Waals surface area contributed by atoms with Crippen molar-refractivity contribution in [3.05, 3.63) is 48.5 Å². The fourth-order valence-electron chi connectivity index (χ4n) is 3.82. The molecule has 0 amide bonds. The smallest absolute Gasteiger partial charge is 0.162 e. The Hall–Kier alpha value is -3.44. The maximum Gasteiger partial charge on any atom is 0.162 e. The highest BCUT2D eigenvalue weighted by molar-refractivity contribution is 5.70. The lowest BCUT2D eigenvalue weighted by Crippen LogP contribution is -2.31. The van der Waals surface area contributed by atoms with Crippen LogP contribution in [0.3, 0.4) is 0 Å². The van der Waals surface area contributed by atoms with Gasteiger partial charge in [-0.2, -0.15) is 0 Å². The zero-order valence-electron chi connectivity index (χ0n) is 22.8. The summed E-state index contributed by atoms with van der Waals surface area (Å²) in [7, 11) is 8.35. The molecule has 1 atom stereocenters. The molecule has 0 saturated heterocycles. The van der Waals surface area contributed by atoms with Crippen molar-refractivity contribution >= 4 is 5.82 Å². The fourth-order valence-corrected chi connectivity index (χ4v) is 3.82. The van der Waals surface area contributed by atoms with Crippen molar-refractivity contribution in [2.45, 2.75) is 6.10 Å². The molecule has 1 unspecified atom stereocenters. The number of aliphatic hydroxyl groups is 1. The van der Waals surface area contributed by atoms with Crippen molar-refractivity contribution in [1.82, 2.24) is 15.3 Å². The fraction of sp³-hybridized carbons (Fsp3) is 0.429. The van der Waals surface area contributed by atoms with Gasteiger partial charge in [0.2, 0.25) is 0 Å². The Morgan fingerprint density at radius 2 is 1.61 bits per heavy atom. The Balaban J connectivity index is 2.06. The van der Waals surface area contributed by atoms with Crippen molar-refractivity contribution in [3.8, 4) is 39.9 Å². The summed E-state index contributed by atoms with van der Waals surface area (Å²) >= 11 is 0. The first-order valence-electron chi connectivity index (χ1n) is 12.4. The standard InChI is InChI=1S/C28H38N4O6/c1-29-18-22(33)19-38-23-8-6-7-21(15-23)28-30-24(20-9-10-25(36-4)26(16-20)37-5)17-27(31-28)32(11-13-34-2)12-14-35-3/h6-10,15-17,22,29,33H,11-14,18-19H2,1-5H3. The molecule has 0 saturated carbocycles. The van der Waals surface area contributed by atoms with E-state index in [1.165, 1.54) is 0 Å². The van der Waals surface area contributed by atoms with Gasteiger partial charge in [0.15, 0.2) is 17.3 Å².